The molecule has 0 aromatic rings. The number of carbonyl (C=O) groups excluding carboxylic acids is 1. The van der Waals surface area contributed by atoms with Gasteiger partial charge < -0.3 is 9.84 Å². The van der Waals surface area contributed by atoms with Gasteiger partial charge in [-0.3, -0.25) is 0 Å². The van der Waals surface area contributed by atoms with Crippen molar-refractivity contribution in [1.82, 2.24) is 0 Å². The first kappa shape index (κ1) is 10.1. The zero-order valence-electron chi connectivity index (χ0n) is 10.1. The Kier molecular flexibility index (Phi) is 1.65. The van der Waals surface area contributed by atoms with E-state index in [1.165, 1.54) is 6.42 Å². The van der Waals surface area contributed by atoms with Gasteiger partial charge in [-0.15, -0.1) is 0 Å². The van der Waals surface area contributed by atoms with Gasteiger partial charge in [-0.1, -0.05) is 13.5 Å². The highest BCUT2D eigenvalue weighted by atomic mass is 16.6. The van der Waals surface area contributed by atoms with E-state index >= 15 is 0 Å². The summed E-state index contributed by atoms with van der Waals surface area (Å²) in [6.07, 6.45) is 2.82. The first-order chi connectivity index (χ1) is 8.02. The molecule has 0 bridgehead atoms. The summed E-state index contributed by atoms with van der Waals surface area (Å²) in [5.74, 6) is 1.49. The molecule has 7 unspecified atom stereocenters. The van der Waals surface area contributed by atoms with Gasteiger partial charge in [0.15, 0.2) is 0 Å². The molecule has 1 aliphatic heterocycles. The van der Waals surface area contributed by atoms with Crippen LogP contribution in [0.3, 0.4) is 0 Å². The van der Waals surface area contributed by atoms with Crippen LogP contribution in [0, 0.1) is 29.1 Å². The molecule has 3 heteroatoms. The number of aliphatic hydroxyl groups is 1. The molecule has 1 saturated heterocycles. The number of carbonyl (C=O) groups is 1. The first-order valence-corrected chi connectivity index (χ1v) is 6.60. The van der Waals surface area contributed by atoms with Gasteiger partial charge in [0.25, 0.3) is 0 Å². The van der Waals surface area contributed by atoms with E-state index in [2.05, 4.69) is 13.5 Å². The van der Waals surface area contributed by atoms with E-state index in [0.717, 1.165) is 24.7 Å². The highest BCUT2D eigenvalue weighted by Gasteiger charge is 2.67. The molecule has 1 N–H and O–H groups in total. The fraction of sp³-hybridized carbons (Fsp3) is 0.786. The van der Waals surface area contributed by atoms with Crippen LogP contribution in [0.2, 0.25) is 0 Å². The number of fused-ring (bicyclic) bond motifs is 4. The minimum Gasteiger partial charge on any atom is -0.458 e. The second-order valence-corrected chi connectivity index (χ2v) is 6.64. The van der Waals surface area contributed by atoms with Crippen molar-refractivity contribution < 1.29 is 14.6 Å². The quantitative estimate of drug-likeness (QED) is 0.510. The minimum absolute atomic E-state index is 0.120. The van der Waals surface area contributed by atoms with Crippen LogP contribution in [0.15, 0.2) is 12.2 Å². The number of hydrogen-bond acceptors (Lipinski definition) is 3. The Hall–Kier alpha value is -0.830. The van der Waals surface area contributed by atoms with Crippen LogP contribution in [0.25, 0.3) is 0 Å². The molecule has 3 nitrogen and oxygen atoms in total. The van der Waals surface area contributed by atoms with Crippen LogP contribution >= 0.6 is 0 Å². The zero-order chi connectivity index (χ0) is 11.9. The Morgan fingerprint density at radius 2 is 2.12 bits per heavy atom. The van der Waals surface area contributed by atoms with Gasteiger partial charge in [0, 0.05) is 5.57 Å². The highest BCUT2D eigenvalue weighted by Crippen LogP contribution is 2.70. The zero-order valence-corrected chi connectivity index (χ0v) is 10.1. The van der Waals surface area contributed by atoms with Crippen LogP contribution in [0.4, 0.5) is 0 Å². The molecule has 17 heavy (non-hydrogen) atoms. The summed E-state index contributed by atoms with van der Waals surface area (Å²) in [5.41, 5.74) is 0.681. The average Bonchev–Trinajstić information content (AvgIpc) is 2.91. The number of esters is 1. The lowest BCUT2D eigenvalue weighted by Crippen LogP contribution is -2.49. The van der Waals surface area contributed by atoms with E-state index in [9.17, 15) is 9.90 Å². The molecular formula is C14H18O3. The number of ether oxygens (including phenoxy) is 1. The summed E-state index contributed by atoms with van der Waals surface area (Å²) in [7, 11) is 0. The van der Waals surface area contributed by atoms with Gasteiger partial charge in [-0.05, 0) is 42.4 Å². The molecule has 4 rings (SSSR count). The smallest absolute Gasteiger partial charge is 0.334 e. The summed E-state index contributed by atoms with van der Waals surface area (Å²) in [6.45, 7) is 6.08. The molecule has 0 radical (unpaired) electrons. The van der Waals surface area contributed by atoms with E-state index in [4.69, 9.17) is 4.74 Å². The maximum absolute atomic E-state index is 11.6. The molecule has 4 aliphatic rings. The maximum Gasteiger partial charge on any atom is 0.334 e. The van der Waals surface area contributed by atoms with Crippen molar-refractivity contribution in [1.29, 1.82) is 0 Å². The van der Waals surface area contributed by atoms with Gasteiger partial charge in [-0.25, -0.2) is 4.79 Å². The van der Waals surface area contributed by atoms with Crippen molar-refractivity contribution in [3.05, 3.63) is 12.2 Å². The molecular weight excluding hydrogens is 216 g/mol. The second kappa shape index (κ2) is 2.77. The lowest BCUT2D eigenvalue weighted by Gasteiger charge is -2.46. The molecule has 3 saturated carbocycles. The molecule has 4 fully saturated rings. The standard InChI is InChI=1S/C14H18O3/c1-6-11-10(17-13(6)16)5-14(2)8-3-7(8)4-9(14)12(11)15/h7-12,15H,1,3-5H2,2H3. The summed E-state index contributed by atoms with van der Waals surface area (Å²) >= 11 is 0. The molecule has 7 atom stereocenters. The van der Waals surface area contributed by atoms with Crippen molar-refractivity contribution in [2.24, 2.45) is 29.1 Å². The van der Waals surface area contributed by atoms with E-state index in [1.807, 2.05) is 0 Å². The van der Waals surface area contributed by atoms with Crippen LogP contribution in [0.5, 0.6) is 0 Å². The SMILES string of the molecule is C=C1C(=O)OC2CC3(C)C4CC4CC3C(O)C12. The Balaban J connectivity index is 1.73. The van der Waals surface area contributed by atoms with E-state index in [0.29, 0.717) is 11.5 Å². The molecule has 3 aliphatic carbocycles. The third-order valence-corrected chi connectivity index (χ3v) is 5.92. The molecule has 0 amide bonds. The highest BCUT2D eigenvalue weighted by molar-refractivity contribution is 5.91. The Bertz CT molecular complexity index is 429. The molecule has 92 valence electrons. The van der Waals surface area contributed by atoms with Gasteiger partial charge in [0.1, 0.15) is 6.10 Å². The Labute approximate surface area is 101 Å². The summed E-state index contributed by atoms with van der Waals surface area (Å²) in [4.78, 5) is 11.6. The lowest BCUT2D eigenvalue weighted by atomic mass is 9.60. The Morgan fingerprint density at radius 3 is 2.88 bits per heavy atom. The van der Waals surface area contributed by atoms with Crippen molar-refractivity contribution >= 4 is 5.97 Å². The summed E-state index contributed by atoms with van der Waals surface area (Å²) < 4.78 is 5.39. The van der Waals surface area contributed by atoms with Crippen LogP contribution in [-0.4, -0.2) is 23.3 Å². The number of hydrogen-bond donors (Lipinski definition) is 1. The number of rotatable bonds is 0. The van der Waals surface area contributed by atoms with Gasteiger partial charge >= 0.3 is 5.97 Å². The first-order valence-electron chi connectivity index (χ1n) is 6.60. The van der Waals surface area contributed by atoms with Crippen LogP contribution in [-0.2, 0) is 9.53 Å². The monoisotopic (exact) mass is 234 g/mol. The van der Waals surface area contributed by atoms with Gasteiger partial charge in [-0.2, -0.15) is 0 Å². The van der Waals surface area contributed by atoms with Crippen molar-refractivity contribution in [2.45, 2.75) is 38.4 Å². The molecule has 0 spiro atoms. The summed E-state index contributed by atoms with van der Waals surface area (Å²) in [5, 5.41) is 10.5. The fourth-order valence-electron chi connectivity index (χ4n) is 4.94. The Morgan fingerprint density at radius 1 is 1.41 bits per heavy atom. The third-order valence-electron chi connectivity index (χ3n) is 5.92. The number of aliphatic hydroxyl groups excluding tert-OH is 1. The predicted molar refractivity (Wildman–Crippen MR) is 60.9 cm³/mol. The van der Waals surface area contributed by atoms with Crippen LogP contribution < -0.4 is 0 Å². The average molecular weight is 234 g/mol. The maximum atomic E-state index is 11.6. The van der Waals surface area contributed by atoms with Crippen molar-refractivity contribution in [3.8, 4) is 0 Å². The predicted octanol–water partition coefficient (Wildman–Crippen LogP) is 1.51. The van der Waals surface area contributed by atoms with Crippen LogP contribution in [0.1, 0.15) is 26.2 Å². The topological polar surface area (TPSA) is 46.5 Å². The fourth-order valence-corrected chi connectivity index (χ4v) is 4.94. The van der Waals surface area contributed by atoms with E-state index in [-0.39, 0.29) is 23.4 Å². The summed E-state index contributed by atoms with van der Waals surface area (Å²) in [6, 6.07) is 0. The van der Waals surface area contributed by atoms with E-state index < -0.39 is 6.10 Å². The molecule has 0 aromatic carbocycles. The minimum atomic E-state index is -0.425. The second-order valence-electron chi connectivity index (χ2n) is 6.64. The molecule has 0 aromatic heterocycles. The largest absolute Gasteiger partial charge is 0.458 e. The normalized spacial score (nSPS) is 59.4. The lowest BCUT2D eigenvalue weighted by molar-refractivity contribution is -0.146. The molecule has 1 heterocycles. The van der Waals surface area contributed by atoms with E-state index in [1.54, 1.807) is 0 Å². The third kappa shape index (κ3) is 1.05. The van der Waals surface area contributed by atoms with Gasteiger partial charge in [0.2, 0.25) is 0 Å². The van der Waals surface area contributed by atoms with Gasteiger partial charge in [0.05, 0.1) is 12.0 Å². The van der Waals surface area contributed by atoms with Crippen molar-refractivity contribution in [2.75, 3.05) is 0 Å². The van der Waals surface area contributed by atoms with Crippen molar-refractivity contribution in [3.63, 3.8) is 0 Å².